The maximum atomic E-state index is 11.3. The summed E-state index contributed by atoms with van der Waals surface area (Å²) in [4.78, 5) is 21.4. The summed E-state index contributed by atoms with van der Waals surface area (Å²) in [7, 11) is 0. The molecule has 0 spiro atoms. The van der Waals surface area contributed by atoms with Crippen LogP contribution in [-0.4, -0.2) is 10.9 Å². The lowest BCUT2D eigenvalue weighted by atomic mass is 10.3. The Bertz CT molecular complexity index is 401. The molecule has 0 unspecified atom stereocenters. The molecule has 0 aliphatic carbocycles. The van der Waals surface area contributed by atoms with Gasteiger partial charge in [-0.05, 0) is 12.1 Å². The van der Waals surface area contributed by atoms with Crippen molar-refractivity contribution in [2.75, 3.05) is 0 Å². The van der Waals surface area contributed by atoms with Crippen molar-refractivity contribution in [3.63, 3.8) is 0 Å². The molecule has 0 aliphatic heterocycles. The standard InChI is InChI=1S/C9H8N2O2/c10-7-8-3-1-4-11(9(8)13)5-2-6-12/h1,3-4,6H,2,5H2. The number of aromatic nitrogens is 1. The number of carbonyl (C=O) groups excluding carboxylic acids is 1. The van der Waals surface area contributed by atoms with Crippen molar-refractivity contribution in [1.29, 1.82) is 5.26 Å². The van der Waals surface area contributed by atoms with E-state index in [1.807, 2.05) is 0 Å². The van der Waals surface area contributed by atoms with Crippen LogP contribution in [0.3, 0.4) is 0 Å². The molecule has 0 saturated heterocycles. The van der Waals surface area contributed by atoms with E-state index in [1.165, 1.54) is 10.6 Å². The van der Waals surface area contributed by atoms with Crippen molar-refractivity contribution < 1.29 is 4.79 Å². The van der Waals surface area contributed by atoms with Crippen LogP contribution in [0.1, 0.15) is 12.0 Å². The van der Waals surface area contributed by atoms with Crippen LogP contribution < -0.4 is 5.56 Å². The third-order valence-corrected chi connectivity index (χ3v) is 1.63. The largest absolute Gasteiger partial charge is 0.314 e. The van der Waals surface area contributed by atoms with E-state index in [2.05, 4.69) is 0 Å². The van der Waals surface area contributed by atoms with Crippen molar-refractivity contribution in [1.82, 2.24) is 4.57 Å². The van der Waals surface area contributed by atoms with Crippen LogP contribution in [0.5, 0.6) is 0 Å². The molecule has 4 nitrogen and oxygen atoms in total. The molecule has 4 heteroatoms. The van der Waals surface area contributed by atoms with Gasteiger partial charge in [-0.2, -0.15) is 5.26 Å². The van der Waals surface area contributed by atoms with Crippen LogP contribution in [0, 0.1) is 11.3 Å². The zero-order valence-corrected chi connectivity index (χ0v) is 6.93. The first-order chi connectivity index (χ1) is 6.29. The molecule has 1 aromatic heterocycles. The van der Waals surface area contributed by atoms with Gasteiger partial charge in [0.2, 0.25) is 0 Å². The fraction of sp³-hybridized carbons (Fsp3) is 0.222. The number of pyridine rings is 1. The second-order valence-electron chi connectivity index (χ2n) is 2.49. The number of hydrogen-bond acceptors (Lipinski definition) is 3. The van der Waals surface area contributed by atoms with Crippen LogP contribution in [0.4, 0.5) is 0 Å². The summed E-state index contributed by atoms with van der Waals surface area (Å²) in [5, 5.41) is 8.54. The summed E-state index contributed by atoms with van der Waals surface area (Å²) in [5.74, 6) is 0. The Labute approximate surface area is 75.0 Å². The third kappa shape index (κ3) is 2.03. The second-order valence-corrected chi connectivity index (χ2v) is 2.49. The number of aryl methyl sites for hydroxylation is 1. The van der Waals surface area contributed by atoms with Gasteiger partial charge < -0.3 is 9.36 Å². The number of rotatable bonds is 3. The average Bonchev–Trinajstić information content (AvgIpc) is 2.16. The lowest BCUT2D eigenvalue weighted by Crippen LogP contribution is -2.21. The van der Waals surface area contributed by atoms with E-state index in [1.54, 1.807) is 18.3 Å². The number of aldehydes is 1. The van der Waals surface area contributed by atoms with Gasteiger partial charge in [-0.3, -0.25) is 4.79 Å². The van der Waals surface area contributed by atoms with Gasteiger partial charge in [0.15, 0.2) is 0 Å². The summed E-state index contributed by atoms with van der Waals surface area (Å²) in [6.07, 6.45) is 2.59. The van der Waals surface area contributed by atoms with E-state index in [4.69, 9.17) is 5.26 Å². The highest BCUT2D eigenvalue weighted by Crippen LogP contribution is 1.90. The normalized spacial score (nSPS) is 9.15. The maximum absolute atomic E-state index is 11.3. The molecule has 0 fully saturated rings. The van der Waals surface area contributed by atoms with Gasteiger partial charge in [0.1, 0.15) is 17.9 Å². The van der Waals surface area contributed by atoms with Crippen LogP contribution in [0.15, 0.2) is 23.1 Å². The fourth-order valence-corrected chi connectivity index (χ4v) is 0.990. The highest BCUT2D eigenvalue weighted by atomic mass is 16.1. The molecule has 1 aromatic rings. The molecule has 1 rings (SSSR count). The summed E-state index contributed by atoms with van der Waals surface area (Å²) < 4.78 is 1.35. The molecule has 0 amide bonds. The van der Waals surface area contributed by atoms with E-state index < -0.39 is 0 Å². The molecule has 13 heavy (non-hydrogen) atoms. The van der Waals surface area contributed by atoms with Crippen LogP contribution in [0.2, 0.25) is 0 Å². The number of nitriles is 1. The average molecular weight is 176 g/mol. The Kier molecular flexibility index (Phi) is 2.98. The zero-order chi connectivity index (χ0) is 9.68. The van der Waals surface area contributed by atoms with Gasteiger partial charge in [0.25, 0.3) is 5.56 Å². The molecule has 0 saturated carbocycles. The smallest absolute Gasteiger partial charge is 0.268 e. The minimum absolute atomic E-state index is 0.105. The van der Waals surface area contributed by atoms with Crippen LogP contribution >= 0.6 is 0 Å². The first-order valence-corrected chi connectivity index (χ1v) is 3.83. The van der Waals surface area contributed by atoms with Crippen molar-refractivity contribution in [3.8, 4) is 6.07 Å². The van der Waals surface area contributed by atoms with Crippen molar-refractivity contribution >= 4 is 6.29 Å². The molecule has 0 radical (unpaired) electrons. The predicted octanol–water partition coefficient (Wildman–Crippen LogP) is 0.309. The van der Waals surface area contributed by atoms with Gasteiger partial charge in [-0.15, -0.1) is 0 Å². The zero-order valence-electron chi connectivity index (χ0n) is 6.93. The lowest BCUT2D eigenvalue weighted by molar-refractivity contribution is -0.108. The minimum atomic E-state index is -0.341. The van der Waals surface area contributed by atoms with Crippen molar-refractivity contribution in [2.45, 2.75) is 13.0 Å². The lowest BCUT2D eigenvalue weighted by Gasteiger charge is -2.01. The summed E-state index contributed by atoms with van der Waals surface area (Å²) in [5.41, 5.74) is -0.236. The molecule has 0 bridgehead atoms. The van der Waals surface area contributed by atoms with Gasteiger partial charge in [0.05, 0.1) is 0 Å². The van der Waals surface area contributed by atoms with E-state index in [0.717, 1.165) is 6.29 Å². The summed E-state index contributed by atoms with van der Waals surface area (Å²) in [6, 6.07) is 4.86. The van der Waals surface area contributed by atoms with E-state index in [0.29, 0.717) is 6.54 Å². The Hall–Kier alpha value is -1.89. The first-order valence-electron chi connectivity index (χ1n) is 3.83. The molecule has 66 valence electrons. The van der Waals surface area contributed by atoms with Crippen LogP contribution in [0.25, 0.3) is 0 Å². The second kappa shape index (κ2) is 4.21. The minimum Gasteiger partial charge on any atom is -0.314 e. The number of hydrogen-bond donors (Lipinski definition) is 0. The third-order valence-electron chi connectivity index (χ3n) is 1.63. The van der Waals surface area contributed by atoms with E-state index in [9.17, 15) is 9.59 Å². The quantitative estimate of drug-likeness (QED) is 0.622. The molecule has 1 heterocycles. The summed E-state index contributed by atoms with van der Waals surface area (Å²) >= 11 is 0. The Balaban J connectivity index is 3.03. The Morgan fingerprint density at radius 1 is 1.62 bits per heavy atom. The van der Waals surface area contributed by atoms with Gasteiger partial charge in [0, 0.05) is 19.2 Å². The van der Waals surface area contributed by atoms with Gasteiger partial charge >= 0.3 is 0 Å². The topological polar surface area (TPSA) is 62.9 Å². The van der Waals surface area contributed by atoms with Crippen molar-refractivity contribution in [3.05, 3.63) is 34.2 Å². The maximum Gasteiger partial charge on any atom is 0.268 e. The number of nitrogens with zero attached hydrogens (tertiary/aromatic N) is 2. The predicted molar refractivity (Wildman–Crippen MR) is 46.1 cm³/mol. The highest BCUT2D eigenvalue weighted by molar-refractivity contribution is 5.49. The SMILES string of the molecule is N#Cc1cccn(CCC=O)c1=O. The Morgan fingerprint density at radius 3 is 3.00 bits per heavy atom. The molecule has 0 N–H and O–H groups in total. The molecule has 0 aromatic carbocycles. The van der Waals surface area contributed by atoms with E-state index >= 15 is 0 Å². The summed E-state index contributed by atoms with van der Waals surface area (Å²) in [6.45, 7) is 0.331. The fourth-order valence-electron chi connectivity index (χ4n) is 0.990. The number of carbonyl (C=O) groups is 1. The Morgan fingerprint density at radius 2 is 2.38 bits per heavy atom. The first kappa shape index (κ1) is 9.20. The van der Waals surface area contributed by atoms with Crippen LogP contribution in [-0.2, 0) is 11.3 Å². The van der Waals surface area contributed by atoms with Gasteiger partial charge in [-0.1, -0.05) is 0 Å². The van der Waals surface area contributed by atoms with E-state index in [-0.39, 0.29) is 17.5 Å². The molecule has 0 aliphatic rings. The highest BCUT2D eigenvalue weighted by Gasteiger charge is 2.00. The molecule has 0 atom stereocenters. The van der Waals surface area contributed by atoms with Crippen molar-refractivity contribution in [2.24, 2.45) is 0 Å². The van der Waals surface area contributed by atoms with Gasteiger partial charge in [-0.25, -0.2) is 0 Å². The molecular formula is C9H8N2O2. The monoisotopic (exact) mass is 176 g/mol. The molecular weight excluding hydrogens is 168 g/mol.